The Morgan fingerprint density at radius 2 is 2.00 bits per heavy atom. The van der Waals surface area contributed by atoms with Gasteiger partial charge in [-0.15, -0.1) is 0 Å². The van der Waals surface area contributed by atoms with Crippen LogP contribution in [-0.2, 0) is 0 Å². The zero-order valence-corrected chi connectivity index (χ0v) is 14.0. The first-order valence-corrected chi connectivity index (χ1v) is 8.41. The van der Waals surface area contributed by atoms with Crippen molar-refractivity contribution in [3.8, 4) is 11.3 Å². The van der Waals surface area contributed by atoms with Gasteiger partial charge >= 0.3 is 0 Å². The van der Waals surface area contributed by atoms with Crippen LogP contribution in [-0.4, -0.2) is 29.1 Å². The molecule has 2 N–H and O–H groups in total. The van der Waals surface area contributed by atoms with Crippen LogP contribution in [0.2, 0.25) is 0 Å². The summed E-state index contributed by atoms with van der Waals surface area (Å²) in [5.74, 6) is 0.807. The van der Waals surface area contributed by atoms with Crippen molar-refractivity contribution in [1.82, 2.24) is 9.97 Å². The molecule has 0 aliphatic carbocycles. The normalized spacial score (nSPS) is 18.8. The summed E-state index contributed by atoms with van der Waals surface area (Å²) in [4.78, 5) is 11.5. The van der Waals surface area contributed by atoms with E-state index >= 15 is 0 Å². The van der Waals surface area contributed by atoms with Crippen molar-refractivity contribution >= 4 is 28.5 Å². The molecule has 21 heavy (non-hydrogen) atoms. The molecule has 1 saturated heterocycles. The molecule has 5 heteroatoms. The lowest BCUT2D eigenvalue weighted by Crippen LogP contribution is -2.45. The summed E-state index contributed by atoms with van der Waals surface area (Å²) in [6.45, 7) is 1.66. The number of aromatic nitrogens is 2. The van der Waals surface area contributed by atoms with Crippen molar-refractivity contribution < 1.29 is 0 Å². The third-order valence-corrected chi connectivity index (χ3v) is 4.66. The number of piperidine rings is 1. The lowest BCUT2D eigenvalue weighted by atomic mass is 10.0. The van der Waals surface area contributed by atoms with Gasteiger partial charge in [-0.1, -0.05) is 12.1 Å². The highest BCUT2D eigenvalue weighted by Gasteiger charge is 2.23. The van der Waals surface area contributed by atoms with Crippen LogP contribution < -0.4 is 10.6 Å². The van der Waals surface area contributed by atoms with Gasteiger partial charge in [0.15, 0.2) is 0 Å². The molecule has 0 radical (unpaired) electrons. The van der Waals surface area contributed by atoms with E-state index in [4.69, 9.17) is 10.7 Å². The van der Waals surface area contributed by atoms with Crippen molar-refractivity contribution in [2.75, 3.05) is 18.0 Å². The summed E-state index contributed by atoms with van der Waals surface area (Å²) in [6, 6.07) is 10.7. The molecule has 1 aliphatic rings. The van der Waals surface area contributed by atoms with E-state index in [0.29, 0.717) is 12.6 Å². The van der Waals surface area contributed by atoms with Gasteiger partial charge in [0.05, 0.1) is 5.69 Å². The molecule has 2 aromatic rings. The van der Waals surface area contributed by atoms with Crippen LogP contribution in [0.1, 0.15) is 19.3 Å². The highest BCUT2D eigenvalue weighted by atomic mass is 127. The van der Waals surface area contributed by atoms with Gasteiger partial charge in [0.2, 0.25) is 5.95 Å². The zero-order chi connectivity index (χ0) is 14.7. The third kappa shape index (κ3) is 3.35. The number of rotatable bonds is 3. The van der Waals surface area contributed by atoms with Gasteiger partial charge in [-0.3, -0.25) is 0 Å². The highest BCUT2D eigenvalue weighted by molar-refractivity contribution is 14.1. The van der Waals surface area contributed by atoms with E-state index in [1.807, 2.05) is 12.3 Å². The van der Waals surface area contributed by atoms with Crippen LogP contribution in [0.3, 0.4) is 0 Å². The second-order valence-corrected chi connectivity index (χ2v) is 6.57. The second kappa shape index (κ2) is 6.70. The molecule has 1 unspecified atom stereocenters. The Labute approximate surface area is 138 Å². The monoisotopic (exact) mass is 394 g/mol. The summed E-state index contributed by atoms with van der Waals surface area (Å²) in [7, 11) is 0. The quantitative estimate of drug-likeness (QED) is 0.814. The molecule has 0 saturated carbocycles. The van der Waals surface area contributed by atoms with Crippen molar-refractivity contribution in [1.29, 1.82) is 0 Å². The smallest absolute Gasteiger partial charge is 0.226 e. The number of benzene rings is 1. The van der Waals surface area contributed by atoms with Crippen LogP contribution in [0.4, 0.5) is 5.95 Å². The molecule has 1 aromatic carbocycles. The predicted molar refractivity (Wildman–Crippen MR) is 94.2 cm³/mol. The van der Waals surface area contributed by atoms with Gasteiger partial charge in [-0.25, -0.2) is 9.97 Å². The Balaban J connectivity index is 1.90. The minimum Gasteiger partial charge on any atom is -0.337 e. The second-order valence-electron chi connectivity index (χ2n) is 5.33. The van der Waals surface area contributed by atoms with Crippen LogP contribution in [0, 0.1) is 3.57 Å². The fraction of sp³-hybridized carbons (Fsp3) is 0.375. The van der Waals surface area contributed by atoms with Gasteiger partial charge in [-0.05, 0) is 60.1 Å². The molecule has 3 rings (SSSR count). The Kier molecular flexibility index (Phi) is 4.70. The summed E-state index contributed by atoms with van der Waals surface area (Å²) in [6.07, 6.45) is 5.41. The standard InChI is InChI=1S/C16H19IN4/c17-13-6-4-12(5-7-13)15-8-9-19-16(20-15)21-10-2-1-3-14(21)11-18/h4-9,14H,1-3,10-11,18H2. The summed E-state index contributed by atoms with van der Waals surface area (Å²) in [5.41, 5.74) is 7.99. The zero-order valence-electron chi connectivity index (χ0n) is 11.9. The molecular formula is C16H19IN4. The lowest BCUT2D eigenvalue weighted by Gasteiger charge is -2.35. The SMILES string of the molecule is NCC1CCCCN1c1nccc(-c2ccc(I)cc2)n1. The number of halogens is 1. The van der Waals surface area contributed by atoms with Gasteiger partial charge in [0.25, 0.3) is 0 Å². The maximum atomic E-state index is 5.90. The van der Waals surface area contributed by atoms with Gasteiger partial charge in [-0.2, -0.15) is 0 Å². The van der Waals surface area contributed by atoms with Crippen LogP contribution in [0.15, 0.2) is 36.5 Å². The molecule has 0 bridgehead atoms. The molecule has 1 atom stereocenters. The number of anilines is 1. The van der Waals surface area contributed by atoms with Crippen molar-refractivity contribution in [2.24, 2.45) is 5.73 Å². The highest BCUT2D eigenvalue weighted by Crippen LogP contribution is 2.24. The van der Waals surface area contributed by atoms with E-state index in [1.165, 1.54) is 16.4 Å². The van der Waals surface area contributed by atoms with E-state index in [9.17, 15) is 0 Å². The average molecular weight is 394 g/mol. The van der Waals surface area contributed by atoms with Gasteiger partial charge < -0.3 is 10.6 Å². The molecule has 110 valence electrons. The molecule has 4 nitrogen and oxygen atoms in total. The first-order valence-electron chi connectivity index (χ1n) is 7.33. The maximum absolute atomic E-state index is 5.90. The topological polar surface area (TPSA) is 55.0 Å². The molecule has 1 aromatic heterocycles. The van der Waals surface area contributed by atoms with Gasteiger partial charge in [0.1, 0.15) is 0 Å². The number of nitrogens with zero attached hydrogens (tertiary/aromatic N) is 3. The predicted octanol–water partition coefficient (Wildman–Crippen LogP) is 3.07. The fourth-order valence-electron chi connectivity index (χ4n) is 2.78. The molecule has 1 fully saturated rings. The van der Waals surface area contributed by atoms with Crippen LogP contribution >= 0.6 is 22.6 Å². The Morgan fingerprint density at radius 3 is 2.76 bits per heavy atom. The molecule has 0 amide bonds. The van der Waals surface area contributed by atoms with Crippen molar-refractivity contribution in [3.63, 3.8) is 0 Å². The van der Waals surface area contributed by atoms with Crippen molar-refractivity contribution in [3.05, 3.63) is 40.1 Å². The first kappa shape index (κ1) is 14.7. The largest absolute Gasteiger partial charge is 0.337 e. The Hall–Kier alpha value is -1.21. The van der Waals surface area contributed by atoms with Gasteiger partial charge in [0, 0.05) is 34.5 Å². The third-order valence-electron chi connectivity index (χ3n) is 3.94. The summed E-state index contributed by atoms with van der Waals surface area (Å²) in [5, 5.41) is 0. The van der Waals surface area contributed by atoms with E-state index in [0.717, 1.165) is 30.2 Å². The van der Waals surface area contributed by atoms with E-state index in [-0.39, 0.29) is 0 Å². The number of nitrogens with two attached hydrogens (primary N) is 1. The maximum Gasteiger partial charge on any atom is 0.226 e. The van der Waals surface area contributed by atoms with Crippen LogP contribution in [0.25, 0.3) is 11.3 Å². The number of hydrogen-bond donors (Lipinski definition) is 1. The average Bonchev–Trinajstić information content (AvgIpc) is 2.55. The lowest BCUT2D eigenvalue weighted by molar-refractivity contribution is 0.458. The van der Waals surface area contributed by atoms with Crippen LogP contribution in [0.5, 0.6) is 0 Å². The first-order chi connectivity index (χ1) is 10.3. The summed E-state index contributed by atoms with van der Waals surface area (Å²) < 4.78 is 1.23. The van der Waals surface area contributed by atoms with E-state index in [1.54, 1.807) is 0 Å². The minimum atomic E-state index is 0.366. The van der Waals surface area contributed by atoms with E-state index < -0.39 is 0 Å². The molecular weight excluding hydrogens is 375 g/mol. The fourth-order valence-corrected chi connectivity index (χ4v) is 3.14. The molecule has 1 aliphatic heterocycles. The van der Waals surface area contributed by atoms with E-state index in [2.05, 4.69) is 56.7 Å². The van der Waals surface area contributed by atoms with Crippen molar-refractivity contribution in [2.45, 2.75) is 25.3 Å². The minimum absolute atomic E-state index is 0.366. The Morgan fingerprint density at radius 1 is 1.19 bits per heavy atom. The Bertz CT molecular complexity index is 599. The molecule has 0 spiro atoms. The summed E-state index contributed by atoms with van der Waals surface area (Å²) >= 11 is 2.31. The molecule has 2 heterocycles. The number of hydrogen-bond acceptors (Lipinski definition) is 4.